The van der Waals surface area contributed by atoms with Crippen molar-refractivity contribution in [2.24, 2.45) is 11.7 Å². The molecule has 2 atom stereocenters. The van der Waals surface area contributed by atoms with E-state index in [0.717, 1.165) is 0 Å². The molecule has 0 aliphatic heterocycles. The molecular weight excluding hydrogens is 236 g/mol. The highest BCUT2D eigenvalue weighted by molar-refractivity contribution is 5.78. The number of nitrogens with one attached hydrogen (secondary N) is 1. The molecular formula is C12H22N2O4. The Balaban J connectivity index is 2.34. The first-order chi connectivity index (χ1) is 8.12. The monoisotopic (exact) mass is 258 g/mol. The number of carbonyl (C=O) groups is 2. The third-order valence-electron chi connectivity index (χ3n) is 3.01. The average Bonchev–Trinajstić information content (AvgIpc) is 2.56. The number of hydrogen-bond donors (Lipinski definition) is 3. The molecule has 0 aromatic heterocycles. The Morgan fingerprint density at radius 2 is 2.11 bits per heavy atom. The zero-order valence-electron chi connectivity index (χ0n) is 11.2. The van der Waals surface area contributed by atoms with Crippen molar-refractivity contribution >= 4 is 12.1 Å². The van der Waals surface area contributed by atoms with E-state index in [2.05, 4.69) is 5.32 Å². The van der Waals surface area contributed by atoms with Gasteiger partial charge in [-0.05, 0) is 46.0 Å². The lowest BCUT2D eigenvalue weighted by Gasteiger charge is -2.21. The third kappa shape index (κ3) is 4.18. The molecule has 0 heterocycles. The molecule has 6 heteroatoms. The third-order valence-corrected chi connectivity index (χ3v) is 3.01. The number of aliphatic carboxylic acids is 1. The number of carboxylic acids is 1. The van der Waals surface area contributed by atoms with Crippen LogP contribution in [0.4, 0.5) is 4.79 Å². The minimum Gasteiger partial charge on any atom is -0.480 e. The largest absolute Gasteiger partial charge is 0.480 e. The normalized spacial score (nSPS) is 27.9. The summed E-state index contributed by atoms with van der Waals surface area (Å²) in [7, 11) is 0. The Morgan fingerprint density at radius 3 is 2.56 bits per heavy atom. The van der Waals surface area contributed by atoms with Crippen molar-refractivity contribution in [3.05, 3.63) is 0 Å². The molecule has 1 aliphatic rings. The number of ether oxygens (including phenoxy) is 1. The van der Waals surface area contributed by atoms with Gasteiger partial charge in [0.05, 0.1) is 0 Å². The molecule has 0 aromatic carbocycles. The van der Waals surface area contributed by atoms with E-state index >= 15 is 0 Å². The average molecular weight is 258 g/mol. The SMILES string of the molecule is CC(C)(C)OC(=O)NC[C@H]1CC[C@@](N)(C(=O)O)C1. The van der Waals surface area contributed by atoms with Crippen LogP contribution in [0.15, 0.2) is 0 Å². The number of nitrogens with two attached hydrogens (primary N) is 1. The van der Waals surface area contributed by atoms with Crippen LogP contribution in [0, 0.1) is 5.92 Å². The summed E-state index contributed by atoms with van der Waals surface area (Å²) in [5, 5.41) is 11.6. The standard InChI is InChI=1S/C12H22N2O4/c1-11(2,3)18-10(17)14-7-8-4-5-12(13,6-8)9(15)16/h8H,4-7,13H2,1-3H3,(H,14,17)(H,15,16)/t8-,12-/m0/s1. The first-order valence-electron chi connectivity index (χ1n) is 6.11. The van der Waals surface area contributed by atoms with Crippen molar-refractivity contribution in [2.75, 3.05) is 6.54 Å². The molecule has 1 fully saturated rings. The van der Waals surface area contributed by atoms with Crippen LogP contribution in [0.3, 0.4) is 0 Å². The molecule has 6 nitrogen and oxygen atoms in total. The van der Waals surface area contributed by atoms with Gasteiger partial charge < -0.3 is 20.9 Å². The number of rotatable bonds is 3. The second-order valence-electron chi connectivity index (χ2n) is 5.95. The Hall–Kier alpha value is -1.30. The van der Waals surface area contributed by atoms with E-state index in [9.17, 15) is 9.59 Å². The van der Waals surface area contributed by atoms with Crippen molar-refractivity contribution in [2.45, 2.75) is 51.2 Å². The van der Waals surface area contributed by atoms with Crippen LogP contribution in [0.1, 0.15) is 40.0 Å². The predicted molar refractivity (Wildman–Crippen MR) is 66.1 cm³/mol. The summed E-state index contributed by atoms with van der Waals surface area (Å²) in [4.78, 5) is 22.4. The summed E-state index contributed by atoms with van der Waals surface area (Å²) in [6.07, 6.45) is 1.06. The molecule has 0 spiro atoms. The number of carboxylic acid groups (broad SMARTS) is 1. The minimum atomic E-state index is -1.14. The van der Waals surface area contributed by atoms with Gasteiger partial charge in [-0.3, -0.25) is 4.79 Å². The van der Waals surface area contributed by atoms with Crippen LogP contribution in [0.5, 0.6) is 0 Å². The molecule has 4 N–H and O–H groups in total. The van der Waals surface area contributed by atoms with Gasteiger partial charge in [0.15, 0.2) is 0 Å². The van der Waals surface area contributed by atoms with Crippen molar-refractivity contribution in [3.63, 3.8) is 0 Å². The number of amides is 1. The van der Waals surface area contributed by atoms with Crippen LogP contribution in [0.2, 0.25) is 0 Å². The van der Waals surface area contributed by atoms with Crippen LogP contribution >= 0.6 is 0 Å². The maximum atomic E-state index is 11.4. The number of hydrogen-bond acceptors (Lipinski definition) is 4. The molecule has 104 valence electrons. The predicted octanol–water partition coefficient (Wildman–Crippen LogP) is 1.09. The van der Waals surface area contributed by atoms with Gasteiger partial charge in [-0.15, -0.1) is 0 Å². The lowest BCUT2D eigenvalue weighted by molar-refractivity contribution is -0.143. The number of alkyl carbamates (subject to hydrolysis) is 1. The van der Waals surface area contributed by atoms with Crippen LogP contribution in [-0.2, 0) is 9.53 Å². The molecule has 0 bridgehead atoms. The van der Waals surface area contributed by atoms with Gasteiger partial charge in [-0.1, -0.05) is 0 Å². The van der Waals surface area contributed by atoms with Crippen LogP contribution in [0.25, 0.3) is 0 Å². The molecule has 0 radical (unpaired) electrons. The second-order valence-corrected chi connectivity index (χ2v) is 5.95. The van der Waals surface area contributed by atoms with Crippen molar-refractivity contribution in [1.29, 1.82) is 0 Å². The van der Waals surface area contributed by atoms with Gasteiger partial charge in [0.1, 0.15) is 11.1 Å². The summed E-state index contributed by atoms with van der Waals surface area (Å²) < 4.78 is 5.10. The Morgan fingerprint density at radius 1 is 1.50 bits per heavy atom. The summed E-state index contributed by atoms with van der Waals surface area (Å²) in [6, 6.07) is 0. The quantitative estimate of drug-likeness (QED) is 0.703. The highest BCUT2D eigenvalue weighted by Crippen LogP contribution is 2.32. The summed E-state index contributed by atoms with van der Waals surface area (Å²) in [6.45, 7) is 5.77. The Labute approximate surface area is 107 Å². The van der Waals surface area contributed by atoms with E-state index in [1.54, 1.807) is 20.8 Å². The molecule has 1 rings (SSSR count). The maximum Gasteiger partial charge on any atom is 0.407 e. The van der Waals surface area contributed by atoms with Gasteiger partial charge in [0.25, 0.3) is 0 Å². The van der Waals surface area contributed by atoms with E-state index in [-0.39, 0.29) is 5.92 Å². The molecule has 18 heavy (non-hydrogen) atoms. The summed E-state index contributed by atoms with van der Waals surface area (Å²) >= 11 is 0. The lowest BCUT2D eigenvalue weighted by Crippen LogP contribution is -2.46. The highest BCUT2D eigenvalue weighted by atomic mass is 16.6. The van der Waals surface area contributed by atoms with E-state index < -0.39 is 23.2 Å². The van der Waals surface area contributed by atoms with E-state index in [1.807, 2.05) is 0 Å². The van der Waals surface area contributed by atoms with Gasteiger partial charge in [-0.25, -0.2) is 4.79 Å². The summed E-state index contributed by atoms with van der Waals surface area (Å²) in [5.41, 5.74) is 4.09. The Kier molecular flexibility index (Phi) is 4.21. The first-order valence-corrected chi connectivity index (χ1v) is 6.11. The lowest BCUT2D eigenvalue weighted by atomic mass is 9.98. The maximum absolute atomic E-state index is 11.4. The minimum absolute atomic E-state index is 0.0959. The van der Waals surface area contributed by atoms with E-state index in [4.69, 9.17) is 15.6 Å². The molecule has 0 aromatic rings. The van der Waals surface area contributed by atoms with Crippen molar-refractivity contribution < 1.29 is 19.4 Å². The summed E-state index contributed by atoms with van der Waals surface area (Å²) in [5.74, 6) is -0.874. The van der Waals surface area contributed by atoms with Gasteiger partial charge in [0, 0.05) is 6.54 Å². The fraction of sp³-hybridized carbons (Fsp3) is 0.833. The molecule has 1 aliphatic carbocycles. The highest BCUT2D eigenvalue weighted by Gasteiger charge is 2.42. The zero-order chi connectivity index (χ0) is 14.0. The number of carbonyl (C=O) groups excluding carboxylic acids is 1. The molecule has 1 amide bonds. The first kappa shape index (κ1) is 14.8. The Bertz CT molecular complexity index is 337. The molecule has 1 saturated carbocycles. The topological polar surface area (TPSA) is 102 Å². The van der Waals surface area contributed by atoms with Crippen molar-refractivity contribution in [1.82, 2.24) is 5.32 Å². The molecule has 0 unspecified atom stereocenters. The van der Waals surface area contributed by atoms with Crippen LogP contribution < -0.4 is 11.1 Å². The van der Waals surface area contributed by atoms with E-state index in [0.29, 0.717) is 25.8 Å². The van der Waals surface area contributed by atoms with Gasteiger partial charge in [-0.2, -0.15) is 0 Å². The molecule has 0 saturated heterocycles. The fourth-order valence-electron chi connectivity index (χ4n) is 2.09. The van der Waals surface area contributed by atoms with Gasteiger partial charge >= 0.3 is 12.1 Å². The van der Waals surface area contributed by atoms with Crippen LogP contribution in [-0.4, -0.2) is 34.9 Å². The van der Waals surface area contributed by atoms with E-state index in [1.165, 1.54) is 0 Å². The smallest absolute Gasteiger partial charge is 0.407 e. The fourth-order valence-corrected chi connectivity index (χ4v) is 2.09. The second kappa shape index (κ2) is 5.14. The zero-order valence-corrected chi connectivity index (χ0v) is 11.2. The van der Waals surface area contributed by atoms with Gasteiger partial charge in [0.2, 0.25) is 0 Å². The van der Waals surface area contributed by atoms with Crippen molar-refractivity contribution in [3.8, 4) is 0 Å².